The van der Waals surface area contributed by atoms with E-state index in [9.17, 15) is 9.59 Å². The Balaban J connectivity index is 1.68. The quantitative estimate of drug-likeness (QED) is 0.657. The lowest BCUT2D eigenvalue weighted by Crippen LogP contribution is -2.14. The number of anilines is 1. The van der Waals surface area contributed by atoms with Gasteiger partial charge in [0.15, 0.2) is 0 Å². The first kappa shape index (κ1) is 17.7. The molecule has 0 atom stereocenters. The molecule has 0 unspecified atom stereocenters. The van der Waals surface area contributed by atoms with Crippen molar-refractivity contribution in [2.24, 2.45) is 0 Å². The van der Waals surface area contributed by atoms with Crippen LogP contribution in [-0.2, 0) is 11.3 Å². The number of nitrogens with one attached hydrogen (secondary N) is 1. The van der Waals surface area contributed by atoms with E-state index in [4.69, 9.17) is 9.47 Å². The summed E-state index contributed by atoms with van der Waals surface area (Å²) in [6, 6.07) is 18.4. The first-order chi connectivity index (χ1) is 12.7. The van der Waals surface area contributed by atoms with Gasteiger partial charge in [-0.3, -0.25) is 4.79 Å². The van der Waals surface area contributed by atoms with Gasteiger partial charge in [-0.25, -0.2) is 4.79 Å². The lowest BCUT2D eigenvalue weighted by Gasteiger charge is -2.09. The van der Waals surface area contributed by atoms with Crippen molar-refractivity contribution >= 4 is 28.9 Å². The number of methoxy groups -OCH3 is 1. The number of carbonyl (C=O) groups is 2. The number of benzene rings is 2. The van der Waals surface area contributed by atoms with Crippen molar-refractivity contribution in [3.05, 3.63) is 82.0 Å². The lowest BCUT2D eigenvalue weighted by atomic mass is 10.2. The third-order valence-electron chi connectivity index (χ3n) is 3.63. The van der Waals surface area contributed by atoms with E-state index in [0.29, 0.717) is 28.5 Å². The zero-order valence-corrected chi connectivity index (χ0v) is 14.9. The van der Waals surface area contributed by atoms with Crippen LogP contribution in [0.5, 0.6) is 5.75 Å². The Bertz CT molecular complexity index is 905. The number of rotatable bonds is 6. The molecule has 0 fully saturated rings. The molecular formula is C20H17NO4S. The number of hydrogen-bond acceptors (Lipinski definition) is 5. The SMILES string of the molecule is COC(=O)c1sccc1NC(=O)c1cccc(OCc2ccccc2)c1. The Labute approximate surface area is 155 Å². The molecule has 1 aromatic heterocycles. The third-order valence-corrected chi connectivity index (χ3v) is 4.52. The van der Waals surface area contributed by atoms with Crippen molar-refractivity contribution in [2.45, 2.75) is 6.61 Å². The fourth-order valence-corrected chi connectivity index (χ4v) is 3.09. The third kappa shape index (κ3) is 4.29. The summed E-state index contributed by atoms with van der Waals surface area (Å²) in [4.78, 5) is 24.6. The van der Waals surface area contributed by atoms with Crippen LogP contribution in [0.2, 0.25) is 0 Å². The van der Waals surface area contributed by atoms with Gasteiger partial charge in [0.2, 0.25) is 0 Å². The van der Waals surface area contributed by atoms with Gasteiger partial charge in [0.25, 0.3) is 5.91 Å². The Morgan fingerprint density at radius 3 is 2.62 bits per heavy atom. The molecule has 0 saturated heterocycles. The first-order valence-corrected chi connectivity index (χ1v) is 8.79. The minimum atomic E-state index is -0.477. The monoisotopic (exact) mass is 367 g/mol. The molecule has 1 N–H and O–H groups in total. The molecule has 0 bridgehead atoms. The number of carbonyl (C=O) groups excluding carboxylic acids is 2. The highest BCUT2D eigenvalue weighted by Gasteiger charge is 2.16. The smallest absolute Gasteiger partial charge is 0.350 e. The van der Waals surface area contributed by atoms with E-state index in [-0.39, 0.29) is 5.91 Å². The van der Waals surface area contributed by atoms with Crippen LogP contribution in [0.4, 0.5) is 5.69 Å². The van der Waals surface area contributed by atoms with Gasteiger partial charge in [0.05, 0.1) is 12.8 Å². The minimum absolute atomic E-state index is 0.321. The predicted octanol–water partition coefficient (Wildman–Crippen LogP) is 4.37. The van der Waals surface area contributed by atoms with Gasteiger partial charge in [-0.05, 0) is 35.2 Å². The summed E-state index contributed by atoms with van der Waals surface area (Å²) in [7, 11) is 1.31. The average Bonchev–Trinajstić information content (AvgIpc) is 3.15. The van der Waals surface area contributed by atoms with Gasteiger partial charge in [-0.2, -0.15) is 0 Å². The molecule has 26 heavy (non-hydrogen) atoms. The largest absolute Gasteiger partial charge is 0.489 e. The van der Waals surface area contributed by atoms with Gasteiger partial charge < -0.3 is 14.8 Å². The molecule has 2 aromatic carbocycles. The maximum Gasteiger partial charge on any atom is 0.350 e. The highest BCUT2D eigenvalue weighted by Crippen LogP contribution is 2.24. The molecule has 0 aliphatic carbocycles. The van der Waals surface area contributed by atoms with Gasteiger partial charge in [0, 0.05) is 5.56 Å². The van der Waals surface area contributed by atoms with E-state index >= 15 is 0 Å². The summed E-state index contributed by atoms with van der Waals surface area (Å²) in [5.74, 6) is -0.200. The van der Waals surface area contributed by atoms with Crippen molar-refractivity contribution in [1.29, 1.82) is 0 Å². The maximum atomic E-state index is 12.5. The minimum Gasteiger partial charge on any atom is -0.489 e. The molecule has 132 valence electrons. The molecule has 0 spiro atoms. The van der Waals surface area contributed by atoms with E-state index in [0.717, 1.165) is 5.56 Å². The van der Waals surface area contributed by atoms with Crippen molar-refractivity contribution in [3.8, 4) is 5.75 Å². The summed E-state index contributed by atoms with van der Waals surface area (Å²) in [6.45, 7) is 0.420. The Morgan fingerprint density at radius 2 is 1.85 bits per heavy atom. The van der Waals surface area contributed by atoms with E-state index in [2.05, 4.69) is 5.32 Å². The molecule has 3 aromatic rings. The molecule has 0 aliphatic heterocycles. The number of esters is 1. The topological polar surface area (TPSA) is 64.6 Å². The average molecular weight is 367 g/mol. The van der Waals surface area contributed by atoms with E-state index in [1.54, 1.807) is 35.7 Å². The molecule has 6 heteroatoms. The second kappa shape index (κ2) is 8.31. The van der Waals surface area contributed by atoms with Crippen molar-refractivity contribution < 1.29 is 19.1 Å². The molecule has 0 radical (unpaired) electrons. The maximum absolute atomic E-state index is 12.5. The van der Waals surface area contributed by atoms with Crippen LogP contribution in [0, 0.1) is 0 Å². The number of thiophene rings is 1. The number of amides is 1. The molecule has 0 saturated carbocycles. The summed E-state index contributed by atoms with van der Waals surface area (Å²) in [5.41, 5.74) is 1.92. The van der Waals surface area contributed by atoms with Crippen molar-refractivity contribution in [2.75, 3.05) is 12.4 Å². The zero-order chi connectivity index (χ0) is 18.4. The second-order valence-electron chi connectivity index (χ2n) is 5.41. The highest BCUT2D eigenvalue weighted by molar-refractivity contribution is 7.12. The molecule has 1 amide bonds. The summed E-state index contributed by atoms with van der Waals surface area (Å²) >= 11 is 1.21. The van der Waals surface area contributed by atoms with Crippen LogP contribution < -0.4 is 10.1 Å². The van der Waals surface area contributed by atoms with Crippen molar-refractivity contribution in [3.63, 3.8) is 0 Å². The number of hydrogen-bond donors (Lipinski definition) is 1. The predicted molar refractivity (Wildman–Crippen MR) is 101 cm³/mol. The van der Waals surface area contributed by atoms with Crippen LogP contribution >= 0.6 is 11.3 Å². The fraction of sp³-hybridized carbons (Fsp3) is 0.100. The van der Waals surface area contributed by atoms with Crippen LogP contribution in [0.1, 0.15) is 25.6 Å². The molecular weight excluding hydrogens is 350 g/mol. The van der Waals surface area contributed by atoms with E-state index in [1.165, 1.54) is 18.4 Å². The highest BCUT2D eigenvalue weighted by atomic mass is 32.1. The summed E-state index contributed by atoms with van der Waals surface area (Å²) < 4.78 is 10.5. The molecule has 1 heterocycles. The molecule has 0 aliphatic rings. The van der Waals surface area contributed by atoms with Gasteiger partial charge >= 0.3 is 5.97 Å². The van der Waals surface area contributed by atoms with Crippen LogP contribution in [0.25, 0.3) is 0 Å². The second-order valence-corrected chi connectivity index (χ2v) is 6.33. The van der Waals surface area contributed by atoms with Crippen LogP contribution in [-0.4, -0.2) is 19.0 Å². The van der Waals surface area contributed by atoms with Gasteiger partial charge in [-0.1, -0.05) is 36.4 Å². The van der Waals surface area contributed by atoms with Gasteiger partial charge in [0.1, 0.15) is 17.2 Å². The van der Waals surface area contributed by atoms with Crippen molar-refractivity contribution in [1.82, 2.24) is 0 Å². The Kier molecular flexibility index (Phi) is 5.66. The molecule has 3 rings (SSSR count). The molecule has 5 nitrogen and oxygen atoms in total. The van der Waals surface area contributed by atoms with Crippen LogP contribution in [0.15, 0.2) is 66.0 Å². The lowest BCUT2D eigenvalue weighted by molar-refractivity contribution is 0.0607. The van der Waals surface area contributed by atoms with E-state index in [1.807, 2.05) is 30.3 Å². The summed E-state index contributed by atoms with van der Waals surface area (Å²) in [6.07, 6.45) is 0. The van der Waals surface area contributed by atoms with E-state index < -0.39 is 5.97 Å². The van der Waals surface area contributed by atoms with Gasteiger partial charge in [-0.15, -0.1) is 11.3 Å². The van der Waals surface area contributed by atoms with Crippen LogP contribution in [0.3, 0.4) is 0 Å². The summed E-state index contributed by atoms with van der Waals surface area (Å²) in [5, 5.41) is 4.46. The standard InChI is InChI=1S/C20H17NO4S/c1-24-20(23)18-17(10-11-26-18)21-19(22)15-8-5-9-16(12-15)25-13-14-6-3-2-4-7-14/h2-12H,13H2,1H3,(H,21,22). The fourth-order valence-electron chi connectivity index (χ4n) is 2.32. The number of ether oxygens (including phenoxy) is 2. The zero-order valence-electron chi connectivity index (χ0n) is 14.1. The first-order valence-electron chi connectivity index (χ1n) is 7.91. The normalized spacial score (nSPS) is 10.2. The Morgan fingerprint density at radius 1 is 1.04 bits per heavy atom. The Hall–Kier alpha value is -3.12.